The molecule has 0 saturated heterocycles. The van der Waals surface area contributed by atoms with Crippen LogP contribution in [0.2, 0.25) is 0 Å². The Balaban J connectivity index is 1.57. The Labute approximate surface area is 150 Å². The number of hydrogen-bond donors (Lipinski definition) is 1. The lowest BCUT2D eigenvalue weighted by Gasteiger charge is -1.98. The SMILES string of the molecule is O=C(Cn1nnc(-c2ccc(F)cc2)n1)N/N=C/c1cccc(Br)c1. The van der Waals surface area contributed by atoms with Gasteiger partial charge in [0.05, 0.1) is 6.21 Å². The van der Waals surface area contributed by atoms with E-state index in [1.165, 1.54) is 18.3 Å². The molecule has 1 amide bonds. The van der Waals surface area contributed by atoms with Crippen molar-refractivity contribution in [2.24, 2.45) is 5.10 Å². The summed E-state index contributed by atoms with van der Waals surface area (Å²) >= 11 is 3.36. The van der Waals surface area contributed by atoms with E-state index in [-0.39, 0.29) is 12.4 Å². The number of carbonyl (C=O) groups is 1. The Morgan fingerprint density at radius 3 is 2.84 bits per heavy atom. The number of halogens is 2. The van der Waals surface area contributed by atoms with Crippen molar-refractivity contribution in [3.05, 3.63) is 64.4 Å². The van der Waals surface area contributed by atoms with E-state index < -0.39 is 5.91 Å². The summed E-state index contributed by atoms with van der Waals surface area (Å²) in [6.07, 6.45) is 1.53. The highest BCUT2D eigenvalue weighted by Gasteiger charge is 2.09. The van der Waals surface area contributed by atoms with Crippen LogP contribution in [0.25, 0.3) is 11.4 Å². The van der Waals surface area contributed by atoms with Gasteiger partial charge in [-0.25, -0.2) is 9.82 Å². The van der Waals surface area contributed by atoms with Crippen LogP contribution >= 0.6 is 15.9 Å². The molecule has 0 aliphatic rings. The maximum Gasteiger partial charge on any atom is 0.263 e. The van der Waals surface area contributed by atoms with Gasteiger partial charge in [-0.15, -0.1) is 10.2 Å². The summed E-state index contributed by atoms with van der Waals surface area (Å²) in [6, 6.07) is 13.2. The molecule has 0 aliphatic carbocycles. The van der Waals surface area contributed by atoms with Crippen molar-refractivity contribution < 1.29 is 9.18 Å². The minimum atomic E-state index is -0.394. The van der Waals surface area contributed by atoms with Crippen LogP contribution < -0.4 is 5.43 Å². The minimum Gasteiger partial charge on any atom is -0.271 e. The van der Waals surface area contributed by atoms with Gasteiger partial charge in [0.15, 0.2) is 0 Å². The van der Waals surface area contributed by atoms with Gasteiger partial charge in [0.2, 0.25) is 5.82 Å². The molecule has 7 nitrogen and oxygen atoms in total. The monoisotopic (exact) mass is 402 g/mol. The van der Waals surface area contributed by atoms with Crippen molar-refractivity contribution in [2.75, 3.05) is 0 Å². The molecule has 0 unspecified atom stereocenters. The number of nitrogens with one attached hydrogen (secondary N) is 1. The van der Waals surface area contributed by atoms with E-state index in [1.807, 2.05) is 24.3 Å². The number of hydrazone groups is 1. The Morgan fingerprint density at radius 1 is 1.28 bits per heavy atom. The molecule has 1 aromatic heterocycles. The number of aromatic nitrogens is 4. The molecule has 1 N–H and O–H groups in total. The standard InChI is InChI=1S/C16H12BrFN6O/c17-13-3-1-2-11(8-13)9-19-20-15(25)10-24-22-16(21-23-24)12-4-6-14(18)7-5-12/h1-9H,10H2,(H,20,25)/b19-9+. The summed E-state index contributed by atoms with van der Waals surface area (Å²) in [5, 5.41) is 15.6. The van der Waals surface area contributed by atoms with Crippen LogP contribution in [0.5, 0.6) is 0 Å². The molecule has 9 heteroatoms. The molecule has 3 rings (SSSR count). The predicted molar refractivity (Wildman–Crippen MR) is 93.1 cm³/mol. The number of carbonyl (C=O) groups excluding carboxylic acids is 1. The lowest BCUT2D eigenvalue weighted by molar-refractivity contribution is -0.122. The zero-order chi connectivity index (χ0) is 17.6. The quantitative estimate of drug-likeness (QED) is 0.524. The Bertz CT molecular complexity index is 909. The topological polar surface area (TPSA) is 85.1 Å². The summed E-state index contributed by atoms with van der Waals surface area (Å²) in [7, 11) is 0. The first-order valence-corrected chi connectivity index (χ1v) is 8.01. The maximum atomic E-state index is 12.9. The molecule has 0 atom stereocenters. The molecule has 0 fully saturated rings. The molecular formula is C16H12BrFN6O. The Kier molecular flexibility index (Phi) is 5.24. The largest absolute Gasteiger partial charge is 0.271 e. The highest BCUT2D eigenvalue weighted by atomic mass is 79.9. The van der Waals surface area contributed by atoms with Gasteiger partial charge in [0.25, 0.3) is 5.91 Å². The number of nitrogens with zero attached hydrogens (tertiary/aromatic N) is 5. The van der Waals surface area contributed by atoms with Crippen molar-refractivity contribution in [3.8, 4) is 11.4 Å². The van der Waals surface area contributed by atoms with Crippen LogP contribution in [-0.4, -0.2) is 32.3 Å². The van der Waals surface area contributed by atoms with Crippen molar-refractivity contribution >= 4 is 28.1 Å². The second-order valence-electron chi connectivity index (χ2n) is 5.00. The molecule has 0 bridgehead atoms. The number of hydrogen-bond acceptors (Lipinski definition) is 5. The Morgan fingerprint density at radius 2 is 2.08 bits per heavy atom. The normalized spacial score (nSPS) is 11.0. The number of rotatable bonds is 5. The first kappa shape index (κ1) is 16.9. The van der Waals surface area contributed by atoms with E-state index in [0.29, 0.717) is 11.4 Å². The van der Waals surface area contributed by atoms with E-state index in [2.05, 4.69) is 41.9 Å². The summed E-state index contributed by atoms with van der Waals surface area (Å²) in [5.74, 6) is -0.432. The lowest BCUT2D eigenvalue weighted by Crippen LogP contribution is -2.24. The van der Waals surface area contributed by atoms with Crippen LogP contribution in [0.15, 0.2) is 58.1 Å². The summed E-state index contributed by atoms with van der Waals surface area (Å²) in [6.45, 7) is -0.135. The number of amides is 1. The third kappa shape index (κ3) is 4.77. The number of tetrazole rings is 1. The van der Waals surface area contributed by atoms with Crippen molar-refractivity contribution in [2.45, 2.75) is 6.54 Å². The average molecular weight is 403 g/mol. The van der Waals surface area contributed by atoms with Gasteiger partial charge in [0.1, 0.15) is 12.4 Å². The highest BCUT2D eigenvalue weighted by molar-refractivity contribution is 9.10. The fourth-order valence-corrected chi connectivity index (χ4v) is 2.37. The third-order valence-electron chi connectivity index (χ3n) is 3.09. The molecule has 1 heterocycles. The minimum absolute atomic E-state index is 0.135. The second-order valence-corrected chi connectivity index (χ2v) is 5.91. The molecule has 0 spiro atoms. The predicted octanol–water partition coefficient (Wildman–Crippen LogP) is 2.39. The first-order chi connectivity index (χ1) is 12.1. The van der Waals surface area contributed by atoms with Crippen LogP contribution in [0.4, 0.5) is 4.39 Å². The molecular weight excluding hydrogens is 391 g/mol. The zero-order valence-electron chi connectivity index (χ0n) is 12.8. The number of benzene rings is 2. The second kappa shape index (κ2) is 7.75. The summed E-state index contributed by atoms with van der Waals surface area (Å²) in [5.41, 5.74) is 3.84. The van der Waals surface area contributed by atoms with E-state index in [0.717, 1.165) is 14.8 Å². The fraction of sp³-hybridized carbons (Fsp3) is 0.0625. The molecule has 0 radical (unpaired) electrons. The maximum absolute atomic E-state index is 12.9. The summed E-state index contributed by atoms with van der Waals surface area (Å²) in [4.78, 5) is 13.0. The first-order valence-electron chi connectivity index (χ1n) is 7.21. The smallest absolute Gasteiger partial charge is 0.263 e. The van der Waals surface area contributed by atoms with E-state index in [9.17, 15) is 9.18 Å². The highest BCUT2D eigenvalue weighted by Crippen LogP contribution is 2.13. The van der Waals surface area contributed by atoms with Crippen LogP contribution in [0.1, 0.15) is 5.56 Å². The van der Waals surface area contributed by atoms with E-state index in [1.54, 1.807) is 12.1 Å². The molecule has 25 heavy (non-hydrogen) atoms. The van der Waals surface area contributed by atoms with E-state index >= 15 is 0 Å². The van der Waals surface area contributed by atoms with Gasteiger partial charge in [-0.05, 0) is 47.2 Å². The molecule has 2 aromatic carbocycles. The van der Waals surface area contributed by atoms with Gasteiger partial charge in [0, 0.05) is 10.0 Å². The van der Waals surface area contributed by atoms with Crippen molar-refractivity contribution in [3.63, 3.8) is 0 Å². The van der Waals surface area contributed by atoms with Gasteiger partial charge in [-0.3, -0.25) is 4.79 Å². The molecule has 126 valence electrons. The molecule has 3 aromatic rings. The van der Waals surface area contributed by atoms with Gasteiger partial charge >= 0.3 is 0 Å². The Hall–Kier alpha value is -2.94. The van der Waals surface area contributed by atoms with Crippen molar-refractivity contribution in [1.29, 1.82) is 0 Å². The third-order valence-corrected chi connectivity index (χ3v) is 3.59. The average Bonchev–Trinajstić information content (AvgIpc) is 3.04. The summed E-state index contributed by atoms with van der Waals surface area (Å²) < 4.78 is 13.8. The molecule has 0 aliphatic heterocycles. The lowest BCUT2D eigenvalue weighted by atomic mass is 10.2. The zero-order valence-corrected chi connectivity index (χ0v) is 14.4. The van der Waals surface area contributed by atoms with Crippen molar-refractivity contribution in [1.82, 2.24) is 25.6 Å². The van der Waals surface area contributed by atoms with Gasteiger partial charge in [-0.2, -0.15) is 9.90 Å². The van der Waals surface area contributed by atoms with Gasteiger partial charge in [-0.1, -0.05) is 28.1 Å². The fourth-order valence-electron chi connectivity index (χ4n) is 1.95. The van der Waals surface area contributed by atoms with E-state index in [4.69, 9.17) is 0 Å². The van der Waals surface area contributed by atoms with Crippen LogP contribution in [0, 0.1) is 5.82 Å². The van der Waals surface area contributed by atoms with Gasteiger partial charge < -0.3 is 0 Å². The van der Waals surface area contributed by atoms with Crippen LogP contribution in [-0.2, 0) is 11.3 Å². The van der Waals surface area contributed by atoms with Crippen LogP contribution in [0.3, 0.4) is 0 Å². The molecule has 0 saturated carbocycles.